The molecule has 0 spiro atoms. The number of hydrogen-bond acceptors (Lipinski definition) is 3. The fraction of sp³-hybridized carbons (Fsp3) is 0. The first-order valence-electron chi connectivity index (χ1n) is 19.1. The third kappa shape index (κ3) is 5.90. The molecular formula is C52H34N4O+2. The molecule has 0 unspecified atom stereocenters. The standard InChI is InChI=1S/C52H32N4O/c1-2-12-36(13-3-1)50-54-51(56-52(55-50)40-27-24-33-11-4-5-14-37(33)29-40)39-16-8-15-38(30-39)46-31-41(32-47-43(46)20-10-28-53-47)34-22-25-35(26-23-34)42-18-9-19-45-44-17-6-7-21-48(44)57-49(42)45/h1-32H/p+2. The summed E-state index contributed by atoms with van der Waals surface area (Å²) in [6.45, 7) is 0. The number of aromatic amines is 1. The van der Waals surface area contributed by atoms with Crippen molar-refractivity contribution in [3.63, 3.8) is 0 Å². The zero-order valence-corrected chi connectivity index (χ0v) is 30.8. The van der Waals surface area contributed by atoms with Crippen molar-refractivity contribution < 1.29 is 9.40 Å². The lowest BCUT2D eigenvalue weighted by molar-refractivity contribution is -0.359. The van der Waals surface area contributed by atoms with Gasteiger partial charge in [-0.3, -0.25) is 4.98 Å². The first-order chi connectivity index (χ1) is 28.2. The summed E-state index contributed by atoms with van der Waals surface area (Å²) in [6, 6.07) is 65.8. The number of H-pyrrole nitrogens is 1. The highest BCUT2D eigenvalue weighted by atomic mass is 16.3. The summed E-state index contributed by atoms with van der Waals surface area (Å²) in [6.07, 6.45) is 1.86. The molecule has 0 amide bonds. The van der Waals surface area contributed by atoms with Crippen molar-refractivity contribution >= 4 is 43.6 Å². The van der Waals surface area contributed by atoms with Gasteiger partial charge in [0.05, 0.1) is 38.5 Å². The number of hydrogen-bond donors (Lipinski definition) is 0. The third-order valence-corrected chi connectivity index (χ3v) is 10.9. The van der Waals surface area contributed by atoms with Crippen molar-refractivity contribution in [2.24, 2.45) is 0 Å². The highest BCUT2D eigenvalue weighted by Crippen LogP contribution is 2.38. The van der Waals surface area contributed by atoms with Crippen LogP contribution in [0.3, 0.4) is 0 Å². The molecule has 0 radical (unpaired) electrons. The molecule has 57 heavy (non-hydrogen) atoms. The van der Waals surface area contributed by atoms with E-state index >= 15 is 0 Å². The second kappa shape index (κ2) is 13.5. The van der Waals surface area contributed by atoms with Gasteiger partial charge in [-0.15, -0.1) is 0 Å². The van der Waals surface area contributed by atoms with Crippen LogP contribution in [0.15, 0.2) is 199 Å². The predicted octanol–water partition coefficient (Wildman–Crippen LogP) is 13.0. The Labute approximate surface area is 328 Å². The summed E-state index contributed by atoms with van der Waals surface area (Å²) in [5.41, 5.74) is 12.6. The molecule has 0 saturated heterocycles. The number of nitrogens with one attached hydrogen (secondary N) is 1. The van der Waals surface area contributed by atoms with E-state index in [2.05, 4.69) is 163 Å². The Morgan fingerprint density at radius 1 is 0.386 bits per heavy atom. The number of fused-ring (bicyclic) bond motifs is 5. The maximum absolute atomic E-state index is 5.15. The van der Waals surface area contributed by atoms with E-state index in [0.29, 0.717) is 5.82 Å². The van der Waals surface area contributed by atoms with Crippen LogP contribution in [0.4, 0.5) is 0 Å². The van der Waals surface area contributed by atoms with Crippen LogP contribution in [0.1, 0.15) is 0 Å². The number of nitrogens with zero attached hydrogens (tertiary/aromatic N) is 3. The topological polar surface area (TPSA) is 65.6 Å². The number of benzene rings is 8. The van der Waals surface area contributed by atoms with E-state index < -0.39 is 0 Å². The Bertz CT molecular complexity index is 3300. The lowest BCUT2D eigenvalue weighted by atomic mass is 9.93. The fourth-order valence-electron chi connectivity index (χ4n) is 8.03. The lowest BCUT2D eigenvalue weighted by Crippen LogP contribution is -2.17. The van der Waals surface area contributed by atoms with Crippen molar-refractivity contribution in [1.82, 2.24) is 15.0 Å². The Balaban J connectivity index is 1.00. The van der Waals surface area contributed by atoms with Crippen LogP contribution in [0.5, 0.6) is 0 Å². The lowest BCUT2D eigenvalue weighted by Gasteiger charge is -2.12. The molecule has 2 N–H and O–H groups in total. The predicted molar refractivity (Wildman–Crippen MR) is 232 cm³/mol. The first kappa shape index (κ1) is 32.7. The van der Waals surface area contributed by atoms with Gasteiger partial charge >= 0.3 is 5.82 Å². The van der Waals surface area contributed by atoms with Crippen LogP contribution in [-0.2, 0) is 0 Å². The largest absolute Gasteiger partial charge is 0.545 e. The van der Waals surface area contributed by atoms with Gasteiger partial charge in [0.25, 0.3) is 22.8 Å². The highest BCUT2D eigenvalue weighted by molar-refractivity contribution is 6.09. The Morgan fingerprint density at radius 3 is 1.96 bits per heavy atom. The molecule has 0 bridgehead atoms. The number of pyridine rings is 1. The molecule has 0 saturated carbocycles. The molecular weight excluding hydrogens is 697 g/mol. The normalized spacial score (nSPS) is 11.5. The van der Waals surface area contributed by atoms with Crippen molar-refractivity contribution in [3.8, 4) is 67.5 Å². The van der Waals surface area contributed by atoms with Crippen molar-refractivity contribution in [1.29, 1.82) is 0 Å². The van der Waals surface area contributed by atoms with Crippen molar-refractivity contribution in [2.75, 3.05) is 0 Å². The fourth-order valence-corrected chi connectivity index (χ4v) is 8.03. The molecule has 0 atom stereocenters. The molecule has 0 aliphatic heterocycles. The molecule has 3 aromatic heterocycles. The summed E-state index contributed by atoms with van der Waals surface area (Å²) >= 11 is 0. The van der Waals surface area contributed by atoms with Crippen LogP contribution in [-0.4, -0.2) is 15.0 Å². The monoisotopic (exact) mass is 730 g/mol. The minimum absolute atomic E-state index is 0.664. The van der Waals surface area contributed by atoms with Gasteiger partial charge in [0.1, 0.15) is 0 Å². The van der Waals surface area contributed by atoms with Crippen molar-refractivity contribution in [2.45, 2.75) is 0 Å². The van der Waals surface area contributed by atoms with Gasteiger partial charge in [-0.1, -0.05) is 119 Å². The van der Waals surface area contributed by atoms with E-state index in [9.17, 15) is 0 Å². The quantitative estimate of drug-likeness (QED) is 0.160. The smallest absolute Gasteiger partial charge is 0.308 e. The Morgan fingerprint density at radius 2 is 1.07 bits per heavy atom. The zero-order valence-electron chi connectivity index (χ0n) is 30.8. The summed E-state index contributed by atoms with van der Waals surface area (Å²) in [5, 5.41) is 5.79. The van der Waals surface area contributed by atoms with Gasteiger partial charge in [-0.25, -0.2) is 4.98 Å². The Hall–Kier alpha value is -7.76. The van der Waals surface area contributed by atoms with Gasteiger partial charge in [0.15, 0.2) is 0 Å². The van der Waals surface area contributed by atoms with Gasteiger partial charge in [-0.05, 0) is 111 Å². The second-order valence-corrected chi connectivity index (χ2v) is 14.4. The molecule has 8 aromatic carbocycles. The van der Waals surface area contributed by atoms with Crippen LogP contribution >= 0.6 is 0 Å². The van der Waals surface area contributed by atoms with Gasteiger partial charge < -0.3 is 4.42 Å². The van der Waals surface area contributed by atoms with Gasteiger partial charge in [0.2, 0.25) is 0 Å². The van der Waals surface area contributed by atoms with Gasteiger partial charge in [-0.2, -0.15) is 0 Å². The average molecular weight is 731 g/mol. The number of para-hydroxylation sites is 2. The Kier molecular flexibility index (Phi) is 7.74. The summed E-state index contributed by atoms with van der Waals surface area (Å²) < 4.78 is 5.01. The highest BCUT2D eigenvalue weighted by Gasteiger charge is 2.21. The van der Waals surface area contributed by atoms with E-state index in [0.717, 1.165) is 89.2 Å². The minimum Gasteiger partial charge on any atom is -0.545 e. The molecule has 3 heterocycles. The van der Waals surface area contributed by atoms with Crippen LogP contribution in [0.25, 0.3) is 111 Å². The molecule has 5 heteroatoms. The van der Waals surface area contributed by atoms with Crippen LogP contribution < -0.4 is 4.98 Å². The molecule has 11 rings (SSSR count). The average Bonchev–Trinajstić information content (AvgIpc) is 3.68. The van der Waals surface area contributed by atoms with E-state index in [1.165, 1.54) is 16.2 Å². The molecule has 0 fully saturated rings. The van der Waals surface area contributed by atoms with Crippen LogP contribution in [0, 0.1) is 0 Å². The maximum Gasteiger partial charge on any atom is 0.308 e. The zero-order chi connectivity index (χ0) is 37.7. The molecule has 266 valence electrons. The summed E-state index contributed by atoms with van der Waals surface area (Å²) in [5.74, 6) is 2.16. The van der Waals surface area contributed by atoms with E-state index in [-0.39, 0.29) is 0 Å². The molecule has 11 aromatic rings. The second-order valence-electron chi connectivity index (χ2n) is 14.4. The summed E-state index contributed by atoms with van der Waals surface area (Å²) in [4.78, 5) is 18.6. The third-order valence-electron chi connectivity index (χ3n) is 10.9. The first-order valence-corrected chi connectivity index (χ1v) is 19.1. The maximum atomic E-state index is 5.15. The molecule has 5 nitrogen and oxygen atoms in total. The van der Waals surface area contributed by atoms with Crippen LogP contribution in [0.2, 0.25) is 0 Å². The number of aromatic nitrogens is 4. The number of furan rings is 1. The minimum atomic E-state index is 0.664. The molecule has 0 aliphatic carbocycles. The van der Waals surface area contributed by atoms with E-state index in [4.69, 9.17) is 19.4 Å². The SMILES string of the molecule is c1ccc(-c2nc(-c3ccc4ccccc4c3)nc(-c3cccc(-c4cc(-c5ccc(-c6cccc7c6[oH+]c6ccccc67)cc5)cc5ncccc45)c3)[nH+]2)cc1. The van der Waals surface area contributed by atoms with Crippen molar-refractivity contribution in [3.05, 3.63) is 194 Å². The van der Waals surface area contributed by atoms with E-state index in [1.54, 1.807) is 0 Å². The van der Waals surface area contributed by atoms with E-state index in [1.807, 2.05) is 36.5 Å². The molecule has 0 aliphatic rings. The van der Waals surface area contributed by atoms with Gasteiger partial charge in [0, 0.05) is 17.6 Å². The number of rotatable bonds is 6. The summed E-state index contributed by atoms with van der Waals surface area (Å²) in [7, 11) is 0.